The van der Waals surface area contributed by atoms with Crippen molar-refractivity contribution in [1.82, 2.24) is 19.9 Å². The fourth-order valence-electron chi connectivity index (χ4n) is 5.68. The van der Waals surface area contributed by atoms with E-state index in [-0.39, 0.29) is 11.6 Å². The van der Waals surface area contributed by atoms with Gasteiger partial charge < -0.3 is 0 Å². The molecule has 6 heteroatoms. The predicted molar refractivity (Wildman–Crippen MR) is 180 cm³/mol. The maximum atomic E-state index is 13.8. The quantitative estimate of drug-likeness (QED) is 0.198. The highest BCUT2D eigenvalue weighted by Gasteiger charge is 2.16. The van der Waals surface area contributed by atoms with Crippen molar-refractivity contribution in [3.8, 4) is 56.2 Å². The van der Waals surface area contributed by atoms with E-state index in [4.69, 9.17) is 19.9 Å². The van der Waals surface area contributed by atoms with Crippen LogP contribution in [0.15, 0.2) is 146 Å². The van der Waals surface area contributed by atoms with Gasteiger partial charge in [0.25, 0.3) is 0 Å². The number of hydrogen-bond acceptors (Lipinski definition) is 4. The average molecular weight is 599 g/mol. The Morgan fingerprint density at radius 3 is 0.957 bits per heavy atom. The zero-order chi connectivity index (χ0) is 31.0. The smallest absolute Gasteiger partial charge is 0.123 e. The van der Waals surface area contributed by atoms with Crippen LogP contribution in [0.25, 0.3) is 78.2 Å². The van der Waals surface area contributed by atoms with Crippen molar-refractivity contribution in [1.29, 1.82) is 0 Å². The molecule has 8 aromatic rings. The number of aromatic nitrogens is 4. The first-order valence-corrected chi connectivity index (χ1v) is 14.9. The van der Waals surface area contributed by atoms with E-state index in [2.05, 4.69) is 0 Å². The highest BCUT2D eigenvalue weighted by molar-refractivity contribution is 5.92. The second kappa shape index (κ2) is 11.4. The highest BCUT2D eigenvalue weighted by Crippen LogP contribution is 2.35. The number of rotatable bonds is 5. The molecule has 0 saturated heterocycles. The van der Waals surface area contributed by atoms with Gasteiger partial charge in [-0.2, -0.15) is 0 Å². The van der Waals surface area contributed by atoms with E-state index in [1.54, 1.807) is 24.3 Å². The molecular weight excluding hydrogens is 574 g/mol. The standard InChI is InChI=1S/C40H24F2N4/c41-31-17-11-27(12-18-31)39-37(25-7-3-1-4-8-25)43-33-21-15-29(23-35(33)45-39)30-16-22-34-36(24-30)46-40(28-13-19-32(42)20-14-28)38(44-34)26-9-5-2-6-10-26/h1-24H. The third-order valence-corrected chi connectivity index (χ3v) is 7.99. The molecule has 0 radical (unpaired) electrons. The first kappa shape index (κ1) is 27.4. The van der Waals surface area contributed by atoms with E-state index in [0.717, 1.165) is 55.8 Å². The van der Waals surface area contributed by atoms with Crippen LogP contribution < -0.4 is 0 Å². The fraction of sp³-hybridized carbons (Fsp3) is 0. The topological polar surface area (TPSA) is 51.6 Å². The summed E-state index contributed by atoms with van der Waals surface area (Å²) in [5.74, 6) is -0.613. The second-order valence-corrected chi connectivity index (χ2v) is 11.0. The van der Waals surface area contributed by atoms with E-state index in [0.29, 0.717) is 22.4 Å². The molecule has 0 atom stereocenters. The minimum atomic E-state index is -0.307. The maximum absolute atomic E-state index is 13.8. The highest BCUT2D eigenvalue weighted by atomic mass is 19.1. The number of fused-ring (bicyclic) bond motifs is 2. The lowest BCUT2D eigenvalue weighted by Gasteiger charge is -2.13. The Morgan fingerprint density at radius 2 is 0.587 bits per heavy atom. The summed E-state index contributed by atoms with van der Waals surface area (Å²) in [7, 11) is 0. The molecule has 0 aliphatic carbocycles. The van der Waals surface area contributed by atoms with Gasteiger partial charge in [0.1, 0.15) is 11.6 Å². The molecule has 0 amide bonds. The molecule has 2 aromatic heterocycles. The molecule has 46 heavy (non-hydrogen) atoms. The number of nitrogens with zero attached hydrogens (tertiary/aromatic N) is 4. The van der Waals surface area contributed by atoms with Gasteiger partial charge in [-0.1, -0.05) is 72.8 Å². The Labute approximate surface area is 263 Å². The van der Waals surface area contributed by atoms with Gasteiger partial charge in [0.15, 0.2) is 0 Å². The first-order valence-electron chi connectivity index (χ1n) is 14.9. The monoisotopic (exact) mass is 598 g/mol. The Balaban J connectivity index is 1.27. The van der Waals surface area contributed by atoms with Crippen molar-refractivity contribution < 1.29 is 8.78 Å². The van der Waals surface area contributed by atoms with Gasteiger partial charge in [-0.25, -0.2) is 28.7 Å². The lowest BCUT2D eigenvalue weighted by atomic mass is 10.0. The van der Waals surface area contributed by atoms with Crippen LogP contribution in [0.2, 0.25) is 0 Å². The molecule has 4 nitrogen and oxygen atoms in total. The minimum Gasteiger partial charge on any atom is -0.244 e. The van der Waals surface area contributed by atoms with Crippen molar-refractivity contribution in [3.63, 3.8) is 0 Å². The molecule has 0 N–H and O–H groups in total. The first-order chi connectivity index (χ1) is 22.6. The average Bonchev–Trinajstić information content (AvgIpc) is 3.11. The predicted octanol–water partition coefficient (Wildman–Crippen LogP) is 10.2. The van der Waals surface area contributed by atoms with Crippen LogP contribution in [0.5, 0.6) is 0 Å². The van der Waals surface area contributed by atoms with E-state index in [1.165, 1.54) is 24.3 Å². The van der Waals surface area contributed by atoms with Crippen molar-refractivity contribution in [2.75, 3.05) is 0 Å². The van der Waals surface area contributed by atoms with Crippen molar-refractivity contribution in [2.45, 2.75) is 0 Å². The van der Waals surface area contributed by atoms with Gasteiger partial charge in [0, 0.05) is 22.3 Å². The van der Waals surface area contributed by atoms with E-state index in [9.17, 15) is 8.78 Å². The summed E-state index contributed by atoms with van der Waals surface area (Å²) in [6, 6.07) is 44.4. The van der Waals surface area contributed by atoms with Gasteiger partial charge in [-0.05, 0) is 83.9 Å². The van der Waals surface area contributed by atoms with Gasteiger partial charge in [0.2, 0.25) is 0 Å². The van der Waals surface area contributed by atoms with Crippen LogP contribution >= 0.6 is 0 Å². The Hall–Kier alpha value is -6.14. The fourth-order valence-corrected chi connectivity index (χ4v) is 5.68. The summed E-state index contributed by atoms with van der Waals surface area (Å²) >= 11 is 0. The van der Waals surface area contributed by atoms with Crippen LogP contribution in [0.3, 0.4) is 0 Å². The number of benzene rings is 6. The second-order valence-electron chi connectivity index (χ2n) is 11.0. The summed E-state index contributed by atoms with van der Waals surface area (Å²) in [5, 5.41) is 0. The molecule has 2 heterocycles. The summed E-state index contributed by atoms with van der Waals surface area (Å²) in [5.41, 5.74) is 11.1. The summed E-state index contributed by atoms with van der Waals surface area (Å²) < 4.78 is 27.6. The van der Waals surface area contributed by atoms with Crippen LogP contribution in [0.1, 0.15) is 0 Å². The largest absolute Gasteiger partial charge is 0.244 e. The minimum absolute atomic E-state index is 0.307. The molecule has 0 bridgehead atoms. The van der Waals surface area contributed by atoms with Crippen molar-refractivity contribution >= 4 is 22.1 Å². The Kier molecular flexibility index (Phi) is 6.80. The molecular formula is C40H24F2N4. The third kappa shape index (κ3) is 5.16. The van der Waals surface area contributed by atoms with Crippen molar-refractivity contribution in [3.05, 3.63) is 157 Å². The van der Waals surface area contributed by atoms with Gasteiger partial charge in [-0.3, -0.25) is 0 Å². The van der Waals surface area contributed by atoms with E-state index >= 15 is 0 Å². The number of halogens is 2. The van der Waals surface area contributed by atoms with Crippen LogP contribution in [0.4, 0.5) is 8.78 Å². The molecule has 0 aliphatic heterocycles. The SMILES string of the molecule is Fc1ccc(-c2nc3cc(-c4ccc5nc(-c6ccccc6)c(-c6ccc(F)cc6)nc5c4)ccc3nc2-c2ccccc2)cc1. The molecule has 0 aliphatic rings. The van der Waals surface area contributed by atoms with Crippen LogP contribution in [0, 0.1) is 11.6 Å². The van der Waals surface area contributed by atoms with Crippen LogP contribution in [-0.4, -0.2) is 19.9 Å². The summed E-state index contributed by atoms with van der Waals surface area (Å²) in [4.78, 5) is 20.2. The Bertz CT molecular complexity index is 2190. The molecule has 218 valence electrons. The normalized spacial score (nSPS) is 11.3. The molecule has 0 spiro atoms. The third-order valence-electron chi connectivity index (χ3n) is 7.99. The maximum Gasteiger partial charge on any atom is 0.123 e. The van der Waals surface area contributed by atoms with E-state index < -0.39 is 0 Å². The summed E-state index contributed by atoms with van der Waals surface area (Å²) in [6.07, 6.45) is 0. The molecule has 8 rings (SSSR count). The zero-order valence-electron chi connectivity index (χ0n) is 24.4. The van der Waals surface area contributed by atoms with E-state index in [1.807, 2.05) is 97.1 Å². The molecule has 0 saturated carbocycles. The molecule has 6 aromatic carbocycles. The van der Waals surface area contributed by atoms with Crippen molar-refractivity contribution in [2.24, 2.45) is 0 Å². The Morgan fingerprint density at radius 1 is 0.283 bits per heavy atom. The van der Waals surface area contributed by atoms with Gasteiger partial charge >= 0.3 is 0 Å². The molecule has 0 unspecified atom stereocenters. The van der Waals surface area contributed by atoms with Crippen LogP contribution in [-0.2, 0) is 0 Å². The lowest BCUT2D eigenvalue weighted by Crippen LogP contribution is -1.97. The van der Waals surface area contributed by atoms with Gasteiger partial charge in [-0.15, -0.1) is 0 Å². The van der Waals surface area contributed by atoms with Gasteiger partial charge in [0.05, 0.1) is 44.8 Å². The molecule has 0 fully saturated rings. The zero-order valence-corrected chi connectivity index (χ0v) is 24.4. The lowest BCUT2D eigenvalue weighted by molar-refractivity contribution is 0.627. The summed E-state index contributed by atoms with van der Waals surface area (Å²) in [6.45, 7) is 0. The number of hydrogen-bond donors (Lipinski definition) is 0.